The Morgan fingerprint density at radius 1 is 1.20 bits per heavy atom. The Kier molecular flexibility index (Phi) is 3.35. The van der Waals surface area contributed by atoms with Crippen LogP contribution in [0.25, 0.3) is 0 Å². The third-order valence-electron chi connectivity index (χ3n) is 3.28. The van der Waals surface area contributed by atoms with Crippen molar-refractivity contribution in [3.05, 3.63) is 46.7 Å². The van der Waals surface area contributed by atoms with Crippen LogP contribution in [0, 0.1) is 0 Å². The van der Waals surface area contributed by atoms with E-state index in [0.717, 1.165) is 4.88 Å². The van der Waals surface area contributed by atoms with Gasteiger partial charge in [-0.25, -0.2) is 8.42 Å². The fraction of sp³-hybridized carbons (Fsp3) is 0.214. The van der Waals surface area contributed by atoms with E-state index in [-0.39, 0.29) is 23.1 Å². The van der Waals surface area contributed by atoms with Gasteiger partial charge in [0.25, 0.3) is 0 Å². The van der Waals surface area contributed by atoms with Crippen molar-refractivity contribution in [2.75, 3.05) is 17.2 Å². The number of carbonyl (C=O) groups excluding carboxylic acids is 1. The largest absolute Gasteiger partial charge is 0.310 e. The van der Waals surface area contributed by atoms with E-state index in [4.69, 9.17) is 0 Å². The lowest BCUT2D eigenvalue weighted by atomic mass is 10.2. The topological polar surface area (TPSA) is 54.5 Å². The quantitative estimate of drug-likeness (QED) is 0.854. The van der Waals surface area contributed by atoms with Crippen molar-refractivity contribution < 1.29 is 13.2 Å². The zero-order chi connectivity index (χ0) is 14.2. The minimum absolute atomic E-state index is 0.0137. The molecule has 0 spiro atoms. The maximum Gasteiger partial charge on any atom is 0.232 e. The number of thiophene rings is 1. The number of rotatable bonds is 2. The SMILES string of the molecule is O=C(Cc1cccs1)N1CCS(=O)(=O)c2ccccc21. The summed E-state index contributed by atoms with van der Waals surface area (Å²) in [5, 5.41) is 1.93. The first-order valence-electron chi connectivity index (χ1n) is 6.22. The highest BCUT2D eigenvalue weighted by Gasteiger charge is 2.31. The first-order valence-corrected chi connectivity index (χ1v) is 8.76. The summed E-state index contributed by atoms with van der Waals surface area (Å²) < 4.78 is 24.0. The smallest absolute Gasteiger partial charge is 0.232 e. The van der Waals surface area contributed by atoms with E-state index in [9.17, 15) is 13.2 Å². The fourth-order valence-electron chi connectivity index (χ4n) is 2.30. The van der Waals surface area contributed by atoms with Gasteiger partial charge in [0.15, 0.2) is 9.84 Å². The van der Waals surface area contributed by atoms with Crippen molar-refractivity contribution in [1.82, 2.24) is 0 Å². The third kappa shape index (κ3) is 2.36. The van der Waals surface area contributed by atoms with Crippen LogP contribution >= 0.6 is 11.3 Å². The molecule has 2 aromatic rings. The molecule has 0 bridgehead atoms. The number of para-hydroxylation sites is 1. The predicted octanol–water partition coefficient (Wildman–Crippen LogP) is 2.11. The number of hydrogen-bond donors (Lipinski definition) is 0. The van der Waals surface area contributed by atoms with E-state index in [1.54, 1.807) is 29.2 Å². The van der Waals surface area contributed by atoms with E-state index in [2.05, 4.69) is 0 Å². The highest BCUT2D eigenvalue weighted by molar-refractivity contribution is 7.91. The lowest BCUT2D eigenvalue weighted by Gasteiger charge is -2.29. The zero-order valence-corrected chi connectivity index (χ0v) is 12.3. The molecule has 4 nitrogen and oxygen atoms in total. The minimum Gasteiger partial charge on any atom is -0.310 e. The fourth-order valence-corrected chi connectivity index (χ4v) is 4.42. The molecule has 1 aromatic heterocycles. The Hall–Kier alpha value is -1.66. The molecule has 0 aliphatic carbocycles. The second-order valence-corrected chi connectivity index (χ2v) is 7.70. The van der Waals surface area contributed by atoms with Gasteiger partial charge in [0, 0.05) is 11.4 Å². The van der Waals surface area contributed by atoms with E-state index < -0.39 is 9.84 Å². The van der Waals surface area contributed by atoms with Gasteiger partial charge in [-0.2, -0.15) is 0 Å². The lowest BCUT2D eigenvalue weighted by Crippen LogP contribution is -2.40. The van der Waals surface area contributed by atoms with Gasteiger partial charge in [0.2, 0.25) is 5.91 Å². The molecule has 1 aliphatic heterocycles. The number of anilines is 1. The first-order chi connectivity index (χ1) is 9.58. The molecule has 20 heavy (non-hydrogen) atoms. The Morgan fingerprint density at radius 2 is 2.00 bits per heavy atom. The average molecular weight is 307 g/mol. The van der Waals surface area contributed by atoms with Gasteiger partial charge in [0.05, 0.1) is 22.8 Å². The highest BCUT2D eigenvalue weighted by atomic mass is 32.2. The molecule has 0 atom stereocenters. The van der Waals surface area contributed by atoms with Crippen molar-refractivity contribution in [2.24, 2.45) is 0 Å². The van der Waals surface area contributed by atoms with Crippen LogP contribution in [0.15, 0.2) is 46.7 Å². The number of hydrogen-bond acceptors (Lipinski definition) is 4. The summed E-state index contributed by atoms with van der Waals surface area (Å²) in [4.78, 5) is 15.2. The number of amides is 1. The Labute approximate surface area is 121 Å². The molecule has 0 saturated heterocycles. The Balaban J connectivity index is 1.94. The molecule has 0 saturated carbocycles. The van der Waals surface area contributed by atoms with Crippen LogP contribution in [0.4, 0.5) is 5.69 Å². The van der Waals surface area contributed by atoms with Crippen molar-refractivity contribution in [3.63, 3.8) is 0 Å². The second-order valence-electron chi connectivity index (χ2n) is 4.59. The second kappa shape index (κ2) is 5.03. The van der Waals surface area contributed by atoms with Crippen LogP contribution in [0.2, 0.25) is 0 Å². The van der Waals surface area contributed by atoms with Crippen LogP contribution in [-0.2, 0) is 21.1 Å². The molecular weight excluding hydrogens is 294 g/mol. The summed E-state index contributed by atoms with van der Waals surface area (Å²) in [6.07, 6.45) is 0.312. The van der Waals surface area contributed by atoms with Gasteiger partial charge >= 0.3 is 0 Å². The van der Waals surface area contributed by atoms with Crippen LogP contribution in [0.1, 0.15) is 4.88 Å². The standard InChI is InChI=1S/C14H13NO3S2/c16-14(10-11-4-3-8-19-11)15-7-9-20(17,18)13-6-2-1-5-12(13)15/h1-6,8H,7,9-10H2. The molecule has 0 radical (unpaired) electrons. The Bertz CT molecular complexity index is 736. The molecular formula is C14H13NO3S2. The van der Waals surface area contributed by atoms with E-state index in [0.29, 0.717) is 12.1 Å². The van der Waals surface area contributed by atoms with Gasteiger partial charge in [-0.1, -0.05) is 18.2 Å². The number of carbonyl (C=O) groups is 1. The summed E-state index contributed by atoms with van der Waals surface area (Å²) in [5.74, 6) is -0.0741. The van der Waals surface area contributed by atoms with Gasteiger partial charge in [-0.15, -0.1) is 11.3 Å². The molecule has 1 amide bonds. The van der Waals surface area contributed by atoms with E-state index in [1.165, 1.54) is 11.3 Å². The molecule has 0 fully saturated rings. The summed E-state index contributed by atoms with van der Waals surface area (Å²) in [7, 11) is -3.26. The number of fused-ring (bicyclic) bond motifs is 1. The maximum atomic E-state index is 12.4. The minimum atomic E-state index is -3.26. The van der Waals surface area contributed by atoms with Crippen LogP contribution in [0.5, 0.6) is 0 Å². The Morgan fingerprint density at radius 3 is 2.75 bits per heavy atom. The third-order valence-corrected chi connectivity index (χ3v) is 5.89. The van der Waals surface area contributed by atoms with Gasteiger partial charge in [-0.3, -0.25) is 4.79 Å². The average Bonchev–Trinajstić information content (AvgIpc) is 2.92. The lowest BCUT2D eigenvalue weighted by molar-refractivity contribution is -0.117. The van der Waals surface area contributed by atoms with Crippen LogP contribution in [-0.4, -0.2) is 26.6 Å². The summed E-state index contributed by atoms with van der Waals surface area (Å²) in [6.45, 7) is 0.226. The van der Waals surface area contributed by atoms with Crippen LogP contribution < -0.4 is 4.90 Å². The monoisotopic (exact) mass is 307 g/mol. The first kappa shape index (κ1) is 13.3. The van der Waals surface area contributed by atoms with Crippen molar-refractivity contribution in [2.45, 2.75) is 11.3 Å². The van der Waals surface area contributed by atoms with Gasteiger partial charge in [-0.05, 0) is 23.6 Å². The molecule has 6 heteroatoms. The van der Waals surface area contributed by atoms with Gasteiger partial charge < -0.3 is 4.90 Å². The summed E-state index contributed by atoms with van der Waals surface area (Å²) >= 11 is 1.53. The van der Waals surface area contributed by atoms with Gasteiger partial charge in [0.1, 0.15) is 0 Å². The number of sulfone groups is 1. The van der Waals surface area contributed by atoms with Crippen molar-refractivity contribution in [3.8, 4) is 0 Å². The highest BCUT2D eigenvalue weighted by Crippen LogP contribution is 2.30. The molecule has 0 N–H and O–H groups in total. The summed E-state index contributed by atoms with van der Waals surface area (Å²) in [5.41, 5.74) is 0.500. The van der Waals surface area contributed by atoms with E-state index in [1.807, 2.05) is 17.5 Å². The normalized spacial score (nSPS) is 16.7. The molecule has 0 unspecified atom stereocenters. The molecule has 1 aliphatic rings. The van der Waals surface area contributed by atoms with Crippen LogP contribution in [0.3, 0.4) is 0 Å². The van der Waals surface area contributed by atoms with E-state index >= 15 is 0 Å². The zero-order valence-electron chi connectivity index (χ0n) is 10.7. The van der Waals surface area contributed by atoms with Crippen molar-refractivity contribution >= 4 is 32.8 Å². The molecule has 2 heterocycles. The number of nitrogens with zero attached hydrogens (tertiary/aromatic N) is 1. The molecule has 3 rings (SSSR count). The maximum absolute atomic E-state index is 12.4. The molecule has 104 valence electrons. The number of benzene rings is 1. The van der Waals surface area contributed by atoms with Crippen molar-refractivity contribution in [1.29, 1.82) is 0 Å². The molecule has 1 aromatic carbocycles. The summed E-state index contributed by atoms with van der Waals surface area (Å²) in [6, 6.07) is 10.5. The predicted molar refractivity (Wildman–Crippen MR) is 78.9 cm³/mol.